The van der Waals surface area contributed by atoms with E-state index in [4.69, 9.17) is 17.3 Å². The van der Waals surface area contributed by atoms with E-state index in [1.54, 1.807) is 12.1 Å². The first kappa shape index (κ1) is 12.9. The Hall–Kier alpha value is -1.59. The van der Waals surface area contributed by atoms with E-state index in [0.29, 0.717) is 11.3 Å². The van der Waals surface area contributed by atoms with Gasteiger partial charge in [0.25, 0.3) is 5.91 Å². The number of amides is 1. The Morgan fingerprint density at radius 3 is 2.89 bits per heavy atom. The maximum atomic E-state index is 12.0. The average molecular weight is 327 g/mol. The van der Waals surface area contributed by atoms with E-state index in [1.807, 2.05) is 12.1 Å². The molecule has 0 saturated carbocycles. The fourth-order valence-electron chi connectivity index (χ4n) is 1.40. The summed E-state index contributed by atoms with van der Waals surface area (Å²) in [6.07, 6.45) is 1.36. The highest BCUT2D eigenvalue weighted by Gasteiger charge is 2.11. The first-order valence-electron chi connectivity index (χ1n) is 5.04. The van der Waals surface area contributed by atoms with Crippen molar-refractivity contribution in [3.05, 3.63) is 51.7 Å². The van der Waals surface area contributed by atoms with E-state index in [9.17, 15) is 4.79 Å². The number of carbonyl (C=O) groups is 1. The molecule has 1 heterocycles. The van der Waals surface area contributed by atoms with Gasteiger partial charge in [-0.05, 0) is 24.3 Å². The largest absolute Gasteiger partial charge is 0.397 e. The molecule has 0 bridgehead atoms. The standard InChI is InChI=1S/C12H9BrClN3O/c13-7-2-1-3-8(4-7)17-12(18)9-5-11(14)16-6-10(9)15/h1-6H,15H2,(H,17,18). The summed E-state index contributed by atoms with van der Waals surface area (Å²) in [7, 11) is 0. The molecule has 1 aromatic heterocycles. The van der Waals surface area contributed by atoms with Gasteiger partial charge in [0.2, 0.25) is 0 Å². The predicted molar refractivity (Wildman–Crippen MR) is 75.8 cm³/mol. The van der Waals surface area contributed by atoms with Crippen LogP contribution in [-0.2, 0) is 0 Å². The quantitative estimate of drug-likeness (QED) is 0.832. The fourth-order valence-corrected chi connectivity index (χ4v) is 1.96. The number of nitrogens with zero attached hydrogens (tertiary/aromatic N) is 1. The summed E-state index contributed by atoms with van der Waals surface area (Å²) >= 11 is 9.06. The predicted octanol–water partition coefficient (Wildman–Crippen LogP) is 3.33. The zero-order valence-electron chi connectivity index (χ0n) is 9.15. The molecule has 0 fully saturated rings. The van der Waals surface area contributed by atoms with Crippen LogP contribution in [0.5, 0.6) is 0 Å². The zero-order valence-corrected chi connectivity index (χ0v) is 11.5. The van der Waals surface area contributed by atoms with Crippen LogP contribution in [0.1, 0.15) is 10.4 Å². The number of nitrogens with two attached hydrogens (primary N) is 1. The molecule has 2 aromatic rings. The Labute approximate surface area is 117 Å². The van der Waals surface area contributed by atoms with Crippen LogP contribution in [0.3, 0.4) is 0 Å². The zero-order chi connectivity index (χ0) is 13.1. The lowest BCUT2D eigenvalue weighted by Crippen LogP contribution is -2.14. The van der Waals surface area contributed by atoms with Crippen LogP contribution in [0.4, 0.5) is 11.4 Å². The molecule has 4 nitrogen and oxygen atoms in total. The Morgan fingerprint density at radius 2 is 2.17 bits per heavy atom. The molecular weight excluding hydrogens is 318 g/mol. The molecule has 0 spiro atoms. The first-order chi connectivity index (χ1) is 8.56. The van der Waals surface area contributed by atoms with Crippen molar-refractivity contribution in [3.63, 3.8) is 0 Å². The number of nitrogen functional groups attached to an aromatic ring is 1. The molecule has 0 saturated heterocycles. The maximum absolute atomic E-state index is 12.0. The minimum absolute atomic E-state index is 0.226. The number of aromatic nitrogens is 1. The first-order valence-corrected chi connectivity index (χ1v) is 6.21. The third-order valence-electron chi connectivity index (χ3n) is 2.23. The summed E-state index contributed by atoms with van der Waals surface area (Å²) in [4.78, 5) is 15.8. The number of hydrogen-bond donors (Lipinski definition) is 2. The molecule has 0 aliphatic heterocycles. The molecular formula is C12H9BrClN3O. The summed E-state index contributed by atoms with van der Waals surface area (Å²) in [5, 5.41) is 2.96. The van der Waals surface area contributed by atoms with E-state index < -0.39 is 0 Å². The summed E-state index contributed by atoms with van der Waals surface area (Å²) in [5.41, 5.74) is 6.94. The van der Waals surface area contributed by atoms with Crippen LogP contribution >= 0.6 is 27.5 Å². The normalized spacial score (nSPS) is 10.1. The van der Waals surface area contributed by atoms with E-state index in [2.05, 4.69) is 26.2 Å². The molecule has 0 aliphatic carbocycles. The number of halogens is 2. The lowest BCUT2D eigenvalue weighted by molar-refractivity contribution is 0.102. The molecule has 2 rings (SSSR count). The van der Waals surface area contributed by atoms with E-state index in [-0.39, 0.29) is 16.7 Å². The van der Waals surface area contributed by atoms with Gasteiger partial charge in [-0.2, -0.15) is 0 Å². The SMILES string of the molecule is Nc1cnc(Cl)cc1C(=O)Nc1cccc(Br)c1. The fraction of sp³-hybridized carbons (Fsp3) is 0. The van der Waals surface area contributed by atoms with Crippen LogP contribution in [-0.4, -0.2) is 10.9 Å². The van der Waals surface area contributed by atoms with Crippen molar-refractivity contribution in [2.45, 2.75) is 0 Å². The molecule has 92 valence electrons. The topological polar surface area (TPSA) is 68.0 Å². The van der Waals surface area contributed by atoms with Gasteiger partial charge in [-0.15, -0.1) is 0 Å². The van der Waals surface area contributed by atoms with Gasteiger partial charge < -0.3 is 11.1 Å². The molecule has 18 heavy (non-hydrogen) atoms. The summed E-state index contributed by atoms with van der Waals surface area (Å²) in [6, 6.07) is 8.69. The number of hydrogen-bond acceptors (Lipinski definition) is 3. The van der Waals surface area contributed by atoms with Gasteiger partial charge in [0, 0.05) is 10.2 Å². The summed E-state index contributed by atoms with van der Waals surface area (Å²) < 4.78 is 0.876. The molecule has 0 radical (unpaired) electrons. The van der Waals surface area contributed by atoms with Gasteiger partial charge in [0.15, 0.2) is 0 Å². The van der Waals surface area contributed by atoms with Crippen molar-refractivity contribution >= 4 is 44.8 Å². The molecule has 0 atom stereocenters. The lowest BCUT2D eigenvalue weighted by atomic mass is 10.2. The van der Waals surface area contributed by atoms with Gasteiger partial charge in [-0.1, -0.05) is 33.6 Å². The highest BCUT2D eigenvalue weighted by Crippen LogP contribution is 2.19. The molecule has 1 aromatic carbocycles. The van der Waals surface area contributed by atoms with Crippen molar-refractivity contribution < 1.29 is 4.79 Å². The molecule has 0 aliphatic rings. The van der Waals surface area contributed by atoms with Crippen molar-refractivity contribution in [1.29, 1.82) is 0 Å². The van der Waals surface area contributed by atoms with Crippen molar-refractivity contribution in [2.24, 2.45) is 0 Å². The van der Waals surface area contributed by atoms with Gasteiger partial charge in [-0.3, -0.25) is 4.79 Å². The van der Waals surface area contributed by atoms with Crippen LogP contribution in [0.2, 0.25) is 5.15 Å². The smallest absolute Gasteiger partial charge is 0.257 e. The second kappa shape index (κ2) is 5.37. The number of carbonyl (C=O) groups excluding carboxylic acids is 1. The molecule has 1 amide bonds. The van der Waals surface area contributed by atoms with Gasteiger partial charge in [0.05, 0.1) is 17.4 Å². The minimum Gasteiger partial charge on any atom is -0.397 e. The van der Waals surface area contributed by atoms with Crippen molar-refractivity contribution in [3.8, 4) is 0 Å². The van der Waals surface area contributed by atoms with Crippen LogP contribution in [0.25, 0.3) is 0 Å². The highest BCUT2D eigenvalue weighted by atomic mass is 79.9. The number of benzene rings is 1. The van der Waals surface area contributed by atoms with Gasteiger partial charge >= 0.3 is 0 Å². The van der Waals surface area contributed by atoms with E-state index in [0.717, 1.165) is 4.47 Å². The van der Waals surface area contributed by atoms with Crippen LogP contribution in [0, 0.1) is 0 Å². The Balaban J connectivity index is 2.24. The van der Waals surface area contributed by atoms with E-state index >= 15 is 0 Å². The number of rotatable bonds is 2. The summed E-state index contributed by atoms with van der Waals surface area (Å²) in [5.74, 6) is -0.324. The lowest BCUT2D eigenvalue weighted by Gasteiger charge is -2.07. The van der Waals surface area contributed by atoms with Crippen LogP contribution in [0.15, 0.2) is 41.0 Å². The van der Waals surface area contributed by atoms with Crippen molar-refractivity contribution in [1.82, 2.24) is 4.98 Å². The maximum Gasteiger partial charge on any atom is 0.257 e. The number of anilines is 2. The van der Waals surface area contributed by atoms with Crippen molar-refractivity contribution in [2.75, 3.05) is 11.1 Å². The third kappa shape index (κ3) is 3.00. The number of nitrogens with one attached hydrogen (secondary N) is 1. The molecule has 6 heteroatoms. The second-order valence-electron chi connectivity index (χ2n) is 3.56. The highest BCUT2D eigenvalue weighted by molar-refractivity contribution is 9.10. The molecule has 3 N–H and O–H groups in total. The average Bonchev–Trinajstić information content (AvgIpc) is 2.32. The number of pyridine rings is 1. The monoisotopic (exact) mass is 325 g/mol. The van der Waals surface area contributed by atoms with E-state index in [1.165, 1.54) is 12.3 Å². The Bertz CT molecular complexity index is 604. The Kier molecular flexibility index (Phi) is 3.84. The van der Waals surface area contributed by atoms with Crippen LogP contribution < -0.4 is 11.1 Å². The Morgan fingerprint density at radius 1 is 1.39 bits per heavy atom. The third-order valence-corrected chi connectivity index (χ3v) is 2.93. The summed E-state index contributed by atoms with van der Waals surface area (Å²) in [6.45, 7) is 0. The van der Waals surface area contributed by atoms with Gasteiger partial charge in [0.1, 0.15) is 5.15 Å². The second-order valence-corrected chi connectivity index (χ2v) is 4.86. The van der Waals surface area contributed by atoms with Gasteiger partial charge in [-0.25, -0.2) is 4.98 Å². The minimum atomic E-state index is -0.324. The molecule has 0 unspecified atom stereocenters.